The Morgan fingerprint density at radius 1 is 0.744 bits per heavy atom. The zero-order valence-electron chi connectivity index (χ0n) is 25.9. The van der Waals surface area contributed by atoms with E-state index in [1.54, 1.807) is 0 Å². The minimum atomic E-state index is -0.495. The molecule has 4 aliphatic rings. The molecule has 0 N–H and O–H groups in total. The summed E-state index contributed by atoms with van der Waals surface area (Å²) >= 11 is 0. The van der Waals surface area contributed by atoms with Crippen LogP contribution in [0.25, 0.3) is 16.8 Å². The maximum absolute atomic E-state index is 2.81. The number of pyridine rings is 1. The van der Waals surface area contributed by atoms with E-state index in [9.17, 15) is 0 Å². The van der Waals surface area contributed by atoms with Gasteiger partial charge in [-0.15, -0.1) is 0 Å². The third-order valence-corrected chi connectivity index (χ3v) is 10.8. The van der Waals surface area contributed by atoms with Crippen molar-refractivity contribution in [3.63, 3.8) is 0 Å². The zero-order valence-corrected chi connectivity index (χ0v) is 25.9. The third kappa shape index (κ3) is 2.79. The van der Waals surface area contributed by atoms with Crippen molar-refractivity contribution in [2.75, 3.05) is 4.90 Å². The summed E-state index contributed by atoms with van der Waals surface area (Å²) < 4.78 is 2.58. The molecule has 2 atom stereocenters. The van der Waals surface area contributed by atoms with Gasteiger partial charge in [0, 0.05) is 23.1 Å². The number of nitrogens with zero attached hydrogens (tertiary/aromatic N) is 2. The van der Waals surface area contributed by atoms with Crippen molar-refractivity contribution in [1.29, 1.82) is 0 Å². The van der Waals surface area contributed by atoms with Gasteiger partial charge in [-0.3, -0.25) is 4.90 Å². The molecule has 5 aromatic rings. The summed E-state index contributed by atoms with van der Waals surface area (Å²) in [5.74, 6) is 0.458. The van der Waals surface area contributed by atoms with Gasteiger partial charge in [0.1, 0.15) is 0 Å². The van der Waals surface area contributed by atoms with E-state index >= 15 is 0 Å². The van der Waals surface area contributed by atoms with E-state index in [-0.39, 0.29) is 11.5 Å². The second-order valence-electron chi connectivity index (χ2n) is 13.8. The van der Waals surface area contributed by atoms with Crippen molar-refractivity contribution in [1.82, 2.24) is 0 Å². The van der Waals surface area contributed by atoms with Gasteiger partial charge in [-0.1, -0.05) is 88.4 Å². The Hall–Kier alpha value is -4.43. The van der Waals surface area contributed by atoms with Crippen molar-refractivity contribution in [3.05, 3.63) is 159 Å². The predicted molar refractivity (Wildman–Crippen MR) is 175 cm³/mol. The number of rotatable bonds is 1. The van der Waals surface area contributed by atoms with Crippen LogP contribution in [0.4, 0.5) is 5.69 Å². The molecule has 0 fully saturated rings. The molecule has 0 saturated carbocycles. The first kappa shape index (κ1) is 25.1. The number of hydrogen-bond acceptors (Lipinski definition) is 1. The van der Waals surface area contributed by atoms with Crippen LogP contribution in [0.5, 0.6) is 0 Å². The Balaban J connectivity index is 1.46. The molecule has 9 rings (SSSR count). The Labute approximate surface area is 255 Å². The van der Waals surface area contributed by atoms with Crippen LogP contribution in [0.15, 0.2) is 109 Å². The predicted octanol–water partition coefficient (Wildman–Crippen LogP) is 9.11. The monoisotopic (exact) mass is 557 g/mol. The quantitative estimate of drug-likeness (QED) is 0.186. The molecular weight excluding hydrogens is 520 g/mol. The molecular formula is C41H37N2+. The van der Waals surface area contributed by atoms with Crippen LogP contribution in [-0.4, -0.2) is 0 Å². The number of para-hydroxylation sites is 1. The van der Waals surface area contributed by atoms with Crippen molar-refractivity contribution in [3.8, 4) is 11.3 Å². The Morgan fingerprint density at radius 2 is 1.49 bits per heavy atom. The summed E-state index contributed by atoms with van der Waals surface area (Å²) in [4.78, 5) is 2.81. The Bertz CT molecular complexity index is 2080. The molecule has 0 saturated heterocycles. The highest BCUT2D eigenvalue weighted by Gasteiger charge is 2.67. The van der Waals surface area contributed by atoms with Crippen LogP contribution in [0.3, 0.4) is 0 Å². The van der Waals surface area contributed by atoms with Gasteiger partial charge >= 0.3 is 0 Å². The van der Waals surface area contributed by atoms with Crippen LogP contribution >= 0.6 is 0 Å². The molecule has 1 spiro atoms. The largest absolute Gasteiger partial charge is 0.299 e. The molecule has 0 radical (unpaired) electrons. The van der Waals surface area contributed by atoms with Gasteiger partial charge in [0.2, 0.25) is 5.69 Å². The molecule has 0 amide bonds. The van der Waals surface area contributed by atoms with E-state index < -0.39 is 5.66 Å². The van der Waals surface area contributed by atoms with E-state index in [4.69, 9.17) is 0 Å². The van der Waals surface area contributed by atoms with Gasteiger partial charge in [0.25, 0.3) is 5.66 Å². The zero-order chi connectivity index (χ0) is 29.4. The summed E-state index contributed by atoms with van der Waals surface area (Å²) in [6.07, 6.45) is 2.32. The van der Waals surface area contributed by atoms with Crippen molar-refractivity contribution in [2.24, 2.45) is 0 Å². The Kier molecular flexibility index (Phi) is 4.75. The molecule has 210 valence electrons. The molecule has 43 heavy (non-hydrogen) atoms. The lowest BCUT2D eigenvalue weighted by Crippen LogP contribution is -2.64. The molecule has 2 nitrogen and oxygen atoms in total. The normalized spacial score (nSPS) is 21.4. The summed E-state index contributed by atoms with van der Waals surface area (Å²) in [6, 6.07) is 37.2. The van der Waals surface area contributed by atoms with Crippen molar-refractivity contribution < 1.29 is 4.57 Å². The van der Waals surface area contributed by atoms with E-state index in [1.165, 1.54) is 78.2 Å². The molecule has 2 heteroatoms. The van der Waals surface area contributed by atoms with Gasteiger partial charge in [-0.25, -0.2) is 0 Å². The molecule has 4 heterocycles. The summed E-state index contributed by atoms with van der Waals surface area (Å²) in [5.41, 5.74) is 18.9. The number of benzene rings is 4. The first-order valence-electron chi connectivity index (χ1n) is 15.8. The van der Waals surface area contributed by atoms with E-state index in [2.05, 4.69) is 154 Å². The van der Waals surface area contributed by atoms with Gasteiger partial charge in [-0.05, 0) is 88.6 Å². The molecule has 2 unspecified atom stereocenters. The minimum Gasteiger partial charge on any atom is -0.292 e. The lowest BCUT2D eigenvalue weighted by molar-refractivity contribution is -0.727. The SMILES string of the molecule is Cc1cc(C)c2c(c1)-c1cccc[n+]1C21c2ccccc2C2C3=C(c4ccccc4N21)c1cccc(C(C)C)c1C3(C)C. The first-order valence-corrected chi connectivity index (χ1v) is 15.8. The van der Waals surface area contributed by atoms with Crippen LogP contribution in [0, 0.1) is 13.8 Å². The van der Waals surface area contributed by atoms with Gasteiger partial charge in [0.15, 0.2) is 6.20 Å². The fraction of sp³-hybridized carbons (Fsp3) is 0.244. The highest BCUT2D eigenvalue weighted by atomic mass is 15.4. The van der Waals surface area contributed by atoms with E-state index in [1.807, 2.05) is 0 Å². The standard InChI is InChI=1S/C41H37N2/c1-24(2)27-16-13-17-30-35-29-15-8-10-20-34(29)43-39(38(35)40(5,6)37(27)30)28-14-7-9-18-32(28)41(43)36-26(4)22-25(3)23-31(36)33-19-11-12-21-42(33)41/h7-24,39H,1-6H3/q+1. The van der Waals surface area contributed by atoms with Crippen molar-refractivity contribution >= 4 is 11.3 Å². The Morgan fingerprint density at radius 3 is 2.33 bits per heavy atom. The third-order valence-electron chi connectivity index (χ3n) is 10.8. The van der Waals surface area contributed by atoms with Crippen molar-refractivity contribution in [2.45, 2.75) is 64.6 Å². The smallest absolute Gasteiger partial charge is 0.292 e. The maximum atomic E-state index is 2.81. The number of aromatic nitrogens is 1. The summed E-state index contributed by atoms with van der Waals surface area (Å²) in [7, 11) is 0. The van der Waals surface area contributed by atoms with Crippen LogP contribution in [-0.2, 0) is 11.1 Å². The maximum Gasteiger partial charge on any atom is 0.299 e. The lowest BCUT2D eigenvalue weighted by Gasteiger charge is -2.44. The van der Waals surface area contributed by atoms with E-state index in [0.717, 1.165) is 0 Å². The van der Waals surface area contributed by atoms with Crippen LogP contribution in [0.1, 0.15) is 89.7 Å². The minimum absolute atomic E-state index is 0.107. The molecule has 3 aliphatic heterocycles. The molecule has 1 aliphatic carbocycles. The average molecular weight is 558 g/mol. The highest BCUT2D eigenvalue weighted by molar-refractivity contribution is 5.99. The number of aryl methyl sites for hydroxylation is 2. The van der Waals surface area contributed by atoms with Crippen LogP contribution in [0.2, 0.25) is 0 Å². The fourth-order valence-electron chi connectivity index (χ4n) is 9.52. The topological polar surface area (TPSA) is 7.12 Å². The van der Waals surface area contributed by atoms with Gasteiger partial charge in [0.05, 0.1) is 28.4 Å². The first-order chi connectivity index (χ1) is 20.8. The number of fused-ring (bicyclic) bond motifs is 16. The number of hydrogen-bond donors (Lipinski definition) is 0. The molecule has 0 bridgehead atoms. The van der Waals surface area contributed by atoms with E-state index in [0.29, 0.717) is 5.92 Å². The van der Waals surface area contributed by atoms with Gasteiger partial charge < -0.3 is 0 Å². The highest BCUT2D eigenvalue weighted by Crippen LogP contribution is 2.67. The second-order valence-corrected chi connectivity index (χ2v) is 13.8. The summed E-state index contributed by atoms with van der Waals surface area (Å²) in [5, 5.41) is 0. The second kappa shape index (κ2) is 8.14. The molecule has 4 aromatic carbocycles. The summed E-state index contributed by atoms with van der Waals surface area (Å²) in [6.45, 7) is 14.2. The number of anilines is 1. The van der Waals surface area contributed by atoms with Gasteiger partial charge in [-0.2, -0.15) is 4.57 Å². The average Bonchev–Trinajstić information content (AvgIpc) is 3.56. The van der Waals surface area contributed by atoms with Crippen LogP contribution < -0.4 is 9.47 Å². The molecule has 1 aromatic heterocycles. The fourth-order valence-corrected chi connectivity index (χ4v) is 9.52. The lowest BCUT2D eigenvalue weighted by atomic mass is 9.72.